The van der Waals surface area contributed by atoms with Gasteiger partial charge in [0.25, 0.3) is 0 Å². The van der Waals surface area contributed by atoms with E-state index in [2.05, 4.69) is 9.97 Å². The number of carbonyl (C=O) groups is 1. The molecule has 0 aliphatic heterocycles. The molecule has 14 heavy (non-hydrogen) atoms. The van der Waals surface area contributed by atoms with E-state index in [9.17, 15) is 4.79 Å². The van der Waals surface area contributed by atoms with Crippen molar-refractivity contribution >= 4 is 28.9 Å². The minimum absolute atomic E-state index is 0.320. The second-order valence-electron chi connectivity index (χ2n) is 3.04. The number of hydrogen-bond donors (Lipinski definition) is 0. The quantitative estimate of drug-likeness (QED) is 0.531. The van der Waals surface area contributed by atoms with Crippen LogP contribution in [0.3, 0.4) is 0 Å². The number of aromatic nitrogens is 3. The van der Waals surface area contributed by atoms with Gasteiger partial charge in [-0.05, 0) is 6.92 Å². The van der Waals surface area contributed by atoms with E-state index in [4.69, 9.17) is 11.6 Å². The summed E-state index contributed by atoms with van der Waals surface area (Å²) in [6, 6.07) is 0. The second kappa shape index (κ2) is 3.06. The molecule has 0 aliphatic rings. The number of halogens is 1. The molecule has 0 atom stereocenters. The van der Waals surface area contributed by atoms with Gasteiger partial charge in [-0.25, -0.2) is 9.97 Å². The SMILES string of the molecule is Cc1c(C=O)c2c(Cl)ncnc2n1C. The van der Waals surface area contributed by atoms with Crippen molar-refractivity contribution in [2.45, 2.75) is 6.92 Å². The molecule has 0 bridgehead atoms. The molecule has 0 amide bonds. The molecule has 0 saturated carbocycles. The van der Waals surface area contributed by atoms with Gasteiger partial charge < -0.3 is 4.57 Å². The topological polar surface area (TPSA) is 47.8 Å². The van der Waals surface area contributed by atoms with Crippen LogP contribution in [0.15, 0.2) is 6.33 Å². The summed E-state index contributed by atoms with van der Waals surface area (Å²) < 4.78 is 1.83. The summed E-state index contributed by atoms with van der Waals surface area (Å²) in [4.78, 5) is 18.8. The van der Waals surface area contributed by atoms with Crippen LogP contribution in [-0.2, 0) is 7.05 Å². The number of fused-ring (bicyclic) bond motifs is 1. The van der Waals surface area contributed by atoms with Gasteiger partial charge in [-0.2, -0.15) is 0 Å². The lowest BCUT2D eigenvalue weighted by Gasteiger charge is -1.96. The number of aldehydes is 1. The van der Waals surface area contributed by atoms with Crippen molar-refractivity contribution in [3.63, 3.8) is 0 Å². The Bertz CT molecular complexity index is 518. The number of hydrogen-bond acceptors (Lipinski definition) is 3. The molecule has 0 radical (unpaired) electrons. The molecule has 0 aliphatic carbocycles. The lowest BCUT2D eigenvalue weighted by molar-refractivity contribution is 0.112. The van der Waals surface area contributed by atoms with E-state index in [0.717, 1.165) is 12.0 Å². The van der Waals surface area contributed by atoms with Crippen LogP contribution in [0, 0.1) is 6.92 Å². The Balaban J connectivity index is 3.03. The minimum atomic E-state index is 0.320. The summed E-state index contributed by atoms with van der Waals surface area (Å²) in [6.45, 7) is 1.85. The van der Waals surface area contributed by atoms with Gasteiger partial charge >= 0.3 is 0 Å². The van der Waals surface area contributed by atoms with E-state index in [0.29, 0.717) is 21.7 Å². The fourth-order valence-corrected chi connectivity index (χ4v) is 1.74. The molecular formula is C9H8ClN3O. The molecule has 5 heteroatoms. The van der Waals surface area contributed by atoms with E-state index >= 15 is 0 Å². The van der Waals surface area contributed by atoms with Crippen LogP contribution in [0.2, 0.25) is 5.15 Å². The van der Waals surface area contributed by atoms with Crippen LogP contribution in [0.1, 0.15) is 16.1 Å². The molecule has 2 rings (SSSR count). The zero-order chi connectivity index (χ0) is 10.3. The van der Waals surface area contributed by atoms with E-state index in [-0.39, 0.29) is 0 Å². The highest BCUT2D eigenvalue weighted by Gasteiger charge is 2.15. The molecule has 72 valence electrons. The number of rotatable bonds is 1. The Morgan fingerprint density at radius 3 is 2.86 bits per heavy atom. The van der Waals surface area contributed by atoms with E-state index < -0.39 is 0 Å². The van der Waals surface area contributed by atoms with E-state index in [1.807, 2.05) is 18.5 Å². The standard InChI is InChI=1S/C9H8ClN3O/c1-5-6(3-14)7-8(10)11-4-12-9(7)13(5)2/h3-4H,1-2H3. The number of carbonyl (C=O) groups excluding carboxylic acids is 1. The molecule has 2 heterocycles. The molecule has 4 nitrogen and oxygen atoms in total. The smallest absolute Gasteiger partial charge is 0.152 e. The van der Waals surface area contributed by atoms with Crippen molar-refractivity contribution < 1.29 is 4.79 Å². The van der Waals surface area contributed by atoms with Gasteiger partial charge in [-0.15, -0.1) is 0 Å². The van der Waals surface area contributed by atoms with Gasteiger partial charge in [-0.3, -0.25) is 4.79 Å². The maximum absolute atomic E-state index is 10.9. The monoisotopic (exact) mass is 209 g/mol. The van der Waals surface area contributed by atoms with Crippen molar-refractivity contribution in [1.82, 2.24) is 14.5 Å². The molecule has 0 N–H and O–H groups in total. The molecule has 2 aromatic rings. The van der Waals surface area contributed by atoms with Crippen LogP contribution >= 0.6 is 11.6 Å². The molecule has 0 saturated heterocycles. The van der Waals surface area contributed by atoms with Crippen molar-refractivity contribution in [2.24, 2.45) is 7.05 Å². The molecule has 2 aromatic heterocycles. The fraction of sp³-hybridized carbons (Fsp3) is 0.222. The highest BCUT2D eigenvalue weighted by atomic mass is 35.5. The third kappa shape index (κ3) is 1.04. The molecule has 0 aromatic carbocycles. The van der Waals surface area contributed by atoms with Crippen LogP contribution in [0.25, 0.3) is 11.0 Å². The Morgan fingerprint density at radius 2 is 2.21 bits per heavy atom. The fourth-order valence-electron chi connectivity index (χ4n) is 1.51. The summed E-state index contributed by atoms with van der Waals surface area (Å²) in [5.74, 6) is 0. The zero-order valence-electron chi connectivity index (χ0n) is 7.78. The first-order valence-corrected chi connectivity index (χ1v) is 4.45. The lowest BCUT2D eigenvalue weighted by atomic mass is 10.2. The molecule has 0 spiro atoms. The van der Waals surface area contributed by atoms with Crippen LogP contribution in [0.4, 0.5) is 0 Å². The summed E-state index contributed by atoms with van der Waals surface area (Å²) in [5, 5.41) is 0.949. The Morgan fingerprint density at radius 1 is 1.50 bits per heavy atom. The van der Waals surface area contributed by atoms with Crippen molar-refractivity contribution in [3.05, 3.63) is 22.7 Å². The maximum atomic E-state index is 10.9. The largest absolute Gasteiger partial charge is 0.332 e. The number of aryl methyl sites for hydroxylation is 1. The highest BCUT2D eigenvalue weighted by molar-refractivity contribution is 6.35. The van der Waals surface area contributed by atoms with Crippen LogP contribution in [-0.4, -0.2) is 20.8 Å². The highest BCUT2D eigenvalue weighted by Crippen LogP contribution is 2.26. The first kappa shape index (κ1) is 9.15. The van der Waals surface area contributed by atoms with E-state index in [1.54, 1.807) is 0 Å². The first-order chi connectivity index (χ1) is 6.66. The minimum Gasteiger partial charge on any atom is -0.332 e. The summed E-state index contributed by atoms with van der Waals surface area (Å²) in [7, 11) is 1.84. The van der Waals surface area contributed by atoms with Crippen LogP contribution < -0.4 is 0 Å². The third-order valence-electron chi connectivity index (χ3n) is 2.38. The Hall–Kier alpha value is -1.42. The molecule has 0 unspecified atom stereocenters. The van der Waals surface area contributed by atoms with Crippen LogP contribution in [0.5, 0.6) is 0 Å². The van der Waals surface area contributed by atoms with Gasteiger partial charge in [0.15, 0.2) is 6.29 Å². The van der Waals surface area contributed by atoms with Gasteiger partial charge in [0.2, 0.25) is 0 Å². The average Bonchev–Trinajstić information content (AvgIpc) is 2.43. The third-order valence-corrected chi connectivity index (χ3v) is 2.67. The van der Waals surface area contributed by atoms with Gasteiger partial charge in [-0.1, -0.05) is 11.6 Å². The second-order valence-corrected chi connectivity index (χ2v) is 3.40. The van der Waals surface area contributed by atoms with Crippen molar-refractivity contribution in [1.29, 1.82) is 0 Å². The number of nitrogens with zero attached hydrogens (tertiary/aromatic N) is 3. The molecule has 0 fully saturated rings. The maximum Gasteiger partial charge on any atom is 0.152 e. The Kier molecular flexibility index (Phi) is 2.00. The predicted octanol–water partition coefficient (Wildman–Crippen LogP) is 1.74. The van der Waals surface area contributed by atoms with E-state index in [1.165, 1.54) is 6.33 Å². The molecular weight excluding hydrogens is 202 g/mol. The van der Waals surface area contributed by atoms with Crippen molar-refractivity contribution in [3.8, 4) is 0 Å². The normalized spacial score (nSPS) is 10.8. The van der Waals surface area contributed by atoms with Gasteiger partial charge in [0.1, 0.15) is 17.1 Å². The van der Waals surface area contributed by atoms with Crippen molar-refractivity contribution in [2.75, 3.05) is 0 Å². The summed E-state index contributed by atoms with van der Waals surface area (Å²) >= 11 is 5.90. The zero-order valence-corrected chi connectivity index (χ0v) is 8.54. The summed E-state index contributed by atoms with van der Waals surface area (Å²) in [5.41, 5.74) is 2.09. The summed E-state index contributed by atoms with van der Waals surface area (Å²) in [6.07, 6.45) is 2.17. The average molecular weight is 210 g/mol. The first-order valence-electron chi connectivity index (χ1n) is 4.07. The predicted molar refractivity (Wildman–Crippen MR) is 53.6 cm³/mol. The van der Waals surface area contributed by atoms with Gasteiger partial charge in [0.05, 0.1) is 5.39 Å². The lowest BCUT2D eigenvalue weighted by Crippen LogP contribution is -1.92. The Labute approximate surface area is 85.5 Å². The van der Waals surface area contributed by atoms with Gasteiger partial charge in [0, 0.05) is 18.3 Å².